The molecule has 27 heavy (non-hydrogen) atoms. The Morgan fingerprint density at radius 1 is 1.37 bits per heavy atom. The summed E-state index contributed by atoms with van der Waals surface area (Å²) in [7, 11) is 1.52. The maximum atomic E-state index is 12.5. The minimum atomic E-state index is -0.209. The van der Waals surface area contributed by atoms with Crippen LogP contribution in [0.5, 0.6) is 5.75 Å². The van der Waals surface area contributed by atoms with E-state index in [0.29, 0.717) is 52.5 Å². The summed E-state index contributed by atoms with van der Waals surface area (Å²) in [6, 6.07) is 4.96. The highest BCUT2D eigenvalue weighted by Gasteiger charge is 2.26. The second kappa shape index (κ2) is 8.67. The van der Waals surface area contributed by atoms with E-state index in [-0.39, 0.29) is 11.8 Å². The Balaban J connectivity index is 1.51. The number of carbonyl (C=O) groups is 2. The second-order valence-corrected chi connectivity index (χ2v) is 7.67. The summed E-state index contributed by atoms with van der Waals surface area (Å²) < 4.78 is 9.05. The van der Waals surface area contributed by atoms with Gasteiger partial charge in [0.15, 0.2) is 0 Å². The zero-order valence-electron chi connectivity index (χ0n) is 15.2. The van der Waals surface area contributed by atoms with Crippen molar-refractivity contribution in [2.75, 3.05) is 26.7 Å². The first-order chi connectivity index (χ1) is 13.0. The third-order valence-corrected chi connectivity index (χ3v) is 5.76. The van der Waals surface area contributed by atoms with Gasteiger partial charge in [0.05, 0.1) is 18.4 Å². The lowest BCUT2D eigenvalue weighted by Crippen LogP contribution is -2.41. The highest BCUT2D eigenvalue weighted by Crippen LogP contribution is 2.24. The number of nitrogens with one attached hydrogen (secondary N) is 1. The molecule has 0 unspecified atom stereocenters. The summed E-state index contributed by atoms with van der Waals surface area (Å²) in [6.07, 6.45) is 1.67. The van der Waals surface area contributed by atoms with E-state index in [1.54, 1.807) is 25.1 Å². The van der Waals surface area contributed by atoms with Gasteiger partial charge < -0.3 is 15.0 Å². The number of carbonyl (C=O) groups excluding carboxylic acids is 2. The van der Waals surface area contributed by atoms with Crippen LogP contribution in [0.25, 0.3) is 0 Å². The number of methoxy groups -OCH3 is 1. The Kier molecular flexibility index (Phi) is 6.28. The van der Waals surface area contributed by atoms with Crippen LogP contribution in [0.4, 0.5) is 0 Å². The molecule has 2 amide bonds. The van der Waals surface area contributed by atoms with E-state index in [1.165, 1.54) is 7.11 Å². The Morgan fingerprint density at radius 2 is 2.11 bits per heavy atom. The lowest BCUT2D eigenvalue weighted by atomic mass is 9.96. The van der Waals surface area contributed by atoms with Crippen molar-refractivity contribution in [2.45, 2.75) is 19.8 Å². The lowest BCUT2D eigenvalue weighted by molar-refractivity contribution is 0.0688. The first-order valence-corrected chi connectivity index (χ1v) is 9.84. The molecule has 0 aliphatic carbocycles. The van der Waals surface area contributed by atoms with E-state index < -0.39 is 0 Å². The molecule has 2 aromatic rings. The van der Waals surface area contributed by atoms with E-state index in [4.69, 9.17) is 16.3 Å². The summed E-state index contributed by atoms with van der Waals surface area (Å²) >= 11 is 7.12. The Morgan fingerprint density at radius 3 is 2.74 bits per heavy atom. The van der Waals surface area contributed by atoms with Crippen molar-refractivity contribution in [3.63, 3.8) is 0 Å². The van der Waals surface area contributed by atoms with Gasteiger partial charge in [0.2, 0.25) is 0 Å². The maximum absolute atomic E-state index is 12.5. The van der Waals surface area contributed by atoms with Gasteiger partial charge in [-0.3, -0.25) is 9.59 Å². The number of piperidine rings is 1. The van der Waals surface area contributed by atoms with Crippen LogP contribution >= 0.6 is 23.1 Å². The number of nitrogens with zero attached hydrogens (tertiary/aromatic N) is 3. The van der Waals surface area contributed by atoms with Gasteiger partial charge in [0.1, 0.15) is 10.6 Å². The molecular weight excluding hydrogens is 388 g/mol. The predicted molar refractivity (Wildman–Crippen MR) is 104 cm³/mol. The van der Waals surface area contributed by atoms with E-state index in [9.17, 15) is 9.59 Å². The van der Waals surface area contributed by atoms with Crippen LogP contribution < -0.4 is 10.1 Å². The van der Waals surface area contributed by atoms with Crippen LogP contribution in [0.15, 0.2) is 18.2 Å². The van der Waals surface area contributed by atoms with Crippen molar-refractivity contribution in [2.24, 2.45) is 5.92 Å². The molecule has 0 atom stereocenters. The monoisotopic (exact) mass is 408 g/mol. The van der Waals surface area contributed by atoms with Crippen LogP contribution in [-0.4, -0.2) is 53.0 Å². The SMILES string of the molecule is COc1ccc(Cl)cc1C(=O)NCC1CCN(C(=O)c2snnc2C)CC1. The molecule has 0 spiro atoms. The molecule has 1 aliphatic heterocycles. The molecular formula is C18H21ClN4O3S. The molecule has 0 saturated carbocycles. The number of aryl methyl sites for hydroxylation is 1. The average molecular weight is 409 g/mol. The fourth-order valence-electron chi connectivity index (χ4n) is 3.10. The topological polar surface area (TPSA) is 84.4 Å². The highest BCUT2D eigenvalue weighted by atomic mass is 35.5. The number of likely N-dealkylation sites (tertiary alicyclic amines) is 1. The van der Waals surface area contributed by atoms with E-state index >= 15 is 0 Å². The number of rotatable bonds is 5. The van der Waals surface area contributed by atoms with Crippen LogP contribution in [0.1, 0.15) is 38.6 Å². The molecule has 0 bridgehead atoms. The summed E-state index contributed by atoms with van der Waals surface area (Å²) in [5.41, 5.74) is 1.10. The number of hydrogen-bond acceptors (Lipinski definition) is 6. The summed E-state index contributed by atoms with van der Waals surface area (Å²) in [5, 5.41) is 7.34. The minimum Gasteiger partial charge on any atom is -0.496 e. The van der Waals surface area contributed by atoms with Crippen LogP contribution in [0.3, 0.4) is 0 Å². The average Bonchev–Trinajstić information content (AvgIpc) is 3.11. The van der Waals surface area contributed by atoms with Crippen molar-refractivity contribution in [3.8, 4) is 5.75 Å². The van der Waals surface area contributed by atoms with Crippen LogP contribution in [0, 0.1) is 12.8 Å². The van der Waals surface area contributed by atoms with Crippen molar-refractivity contribution >= 4 is 34.9 Å². The number of benzene rings is 1. The van der Waals surface area contributed by atoms with E-state index in [2.05, 4.69) is 14.9 Å². The Bertz CT molecular complexity index is 834. The van der Waals surface area contributed by atoms with Crippen molar-refractivity contribution in [1.82, 2.24) is 19.8 Å². The van der Waals surface area contributed by atoms with E-state index in [0.717, 1.165) is 24.4 Å². The number of hydrogen-bond donors (Lipinski definition) is 1. The lowest BCUT2D eigenvalue weighted by Gasteiger charge is -2.31. The molecule has 1 aromatic carbocycles. The molecule has 144 valence electrons. The fraction of sp³-hybridized carbons (Fsp3) is 0.444. The summed E-state index contributed by atoms with van der Waals surface area (Å²) in [5.74, 6) is 0.600. The molecule has 7 nitrogen and oxygen atoms in total. The largest absolute Gasteiger partial charge is 0.496 e. The smallest absolute Gasteiger partial charge is 0.267 e. The molecule has 2 heterocycles. The van der Waals surface area contributed by atoms with Gasteiger partial charge in [-0.25, -0.2) is 0 Å². The van der Waals surface area contributed by atoms with Gasteiger partial charge in [-0.15, -0.1) is 5.10 Å². The zero-order valence-corrected chi connectivity index (χ0v) is 16.8. The van der Waals surface area contributed by atoms with Gasteiger partial charge in [0, 0.05) is 24.7 Å². The van der Waals surface area contributed by atoms with Crippen molar-refractivity contribution < 1.29 is 14.3 Å². The van der Waals surface area contributed by atoms with Gasteiger partial charge in [-0.05, 0) is 55.4 Å². The highest BCUT2D eigenvalue weighted by molar-refractivity contribution is 7.07. The van der Waals surface area contributed by atoms with Gasteiger partial charge in [0.25, 0.3) is 11.8 Å². The fourth-order valence-corrected chi connectivity index (χ4v) is 3.90. The molecule has 3 rings (SSSR count). The first-order valence-electron chi connectivity index (χ1n) is 8.69. The normalized spacial score (nSPS) is 14.9. The molecule has 0 radical (unpaired) electrons. The Labute approximate surface area is 166 Å². The van der Waals surface area contributed by atoms with Crippen LogP contribution in [-0.2, 0) is 0 Å². The van der Waals surface area contributed by atoms with E-state index in [1.807, 2.05) is 4.90 Å². The molecule has 1 fully saturated rings. The summed E-state index contributed by atoms with van der Waals surface area (Å²) in [6.45, 7) is 3.68. The Hall–Kier alpha value is -2.19. The number of aromatic nitrogens is 2. The van der Waals surface area contributed by atoms with Crippen molar-refractivity contribution in [3.05, 3.63) is 39.4 Å². The second-order valence-electron chi connectivity index (χ2n) is 6.48. The minimum absolute atomic E-state index is 0.00588. The molecule has 9 heteroatoms. The standard InChI is InChI=1S/C18H21ClN4O3S/c1-11-16(27-22-21-11)18(25)23-7-5-12(6-8-23)10-20-17(24)14-9-13(19)3-4-15(14)26-2/h3-4,9,12H,5-8,10H2,1-2H3,(H,20,24). The number of amides is 2. The van der Waals surface area contributed by atoms with Gasteiger partial charge >= 0.3 is 0 Å². The third-order valence-electron chi connectivity index (χ3n) is 4.70. The quantitative estimate of drug-likeness (QED) is 0.822. The van der Waals surface area contributed by atoms with Gasteiger partial charge in [-0.1, -0.05) is 16.1 Å². The molecule has 1 aliphatic rings. The van der Waals surface area contributed by atoms with Crippen LogP contribution in [0.2, 0.25) is 5.02 Å². The predicted octanol–water partition coefficient (Wildman–Crippen LogP) is 2.79. The number of halogens is 1. The first kappa shape index (κ1) is 19.6. The molecule has 1 N–H and O–H groups in total. The maximum Gasteiger partial charge on any atom is 0.267 e. The zero-order chi connectivity index (χ0) is 19.4. The summed E-state index contributed by atoms with van der Waals surface area (Å²) in [4.78, 5) is 27.4. The third kappa shape index (κ3) is 4.56. The molecule has 1 aromatic heterocycles. The van der Waals surface area contributed by atoms with Crippen molar-refractivity contribution in [1.29, 1.82) is 0 Å². The number of ether oxygens (including phenoxy) is 1. The van der Waals surface area contributed by atoms with Gasteiger partial charge in [-0.2, -0.15) is 0 Å². The molecule has 1 saturated heterocycles.